The molecule has 0 fully saturated rings. The van der Waals surface area contributed by atoms with Crippen molar-refractivity contribution in [3.05, 3.63) is 69.3 Å². The molecule has 0 bridgehead atoms. The molecular formula is C22H20ClNO5S. The van der Waals surface area contributed by atoms with Crippen LogP contribution in [-0.4, -0.2) is 36.9 Å². The van der Waals surface area contributed by atoms with E-state index in [0.717, 1.165) is 11.8 Å². The van der Waals surface area contributed by atoms with Gasteiger partial charge in [-0.2, -0.15) is 0 Å². The van der Waals surface area contributed by atoms with E-state index in [1.54, 1.807) is 50.4 Å². The Morgan fingerprint density at radius 1 is 1.17 bits per heavy atom. The Bertz CT molecular complexity index is 1040. The zero-order valence-corrected chi connectivity index (χ0v) is 18.2. The van der Waals surface area contributed by atoms with Gasteiger partial charge in [0, 0.05) is 10.6 Å². The Morgan fingerprint density at radius 3 is 2.53 bits per heavy atom. The fourth-order valence-electron chi connectivity index (χ4n) is 2.79. The maximum absolute atomic E-state index is 12.5. The van der Waals surface area contributed by atoms with Crippen molar-refractivity contribution in [3.8, 4) is 11.5 Å². The number of benzene rings is 2. The highest BCUT2D eigenvalue weighted by atomic mass is 35.5. The Labute approximate surface area is 183 Å². The third-order valence-electron chi connectivity index (χ3n) is 4.15. The van der Waals surface area contributed by atoms with E-state index in [2.05, 4.69) is 4.99 Å². The van der Waals surface area contributed by atoms with Crippen molar-refractivity contribution in [1.82, 2.24) is 0 Å². The van der Waals surface area contributed by atoms with Crippen LogP contribution in [0.25, 0.3) is 6.08 Å². The Hall–Kier alpha value is -2.90. The molecule has 3 rings (SSSR count). The SMILES string of the molecule is CCOC(=O)C1=C(O)C(=Cc2cccc(OC)c2OC)SC1=Nc1ccc(Cl)cc1. The zero-order chi connectivity index (χ0) is 21.7. The number of para-hydroxylation sites is 1. The number of aliphatic hydroxyl groups excluding tert-OH is 1. The molecule has 0 saturated heterocycles. The summed E-state index contributed by atoms with van der Waals surface area (Å²) in [5.74, 6) is 0.230. The van der Waals surface area contributed by atoms with Crippen LogP contribution in [0.4, 0.5) is 5.69 Å². The van der Waals surface area contributed by atoms with E-state index >= 15 is 0 Å². The molecule has 1 aliphatic heterocycles. The number of aliphatic imine (C=N–C) groups is 1. The van der Waals surface area contributed by atoms with Crippen LogP contribution in [-0.2, 0) is 9.53 Å². The van der Waals surface area contributed by atoms with Crippen LogP contribution in [0.2, 0.25) is 5.02 Å². The first-order valence-electron chi connectivity index (χ1n) is 9.04. The van der Waals surface area contributed by atoms with Crippen molar-refractivity contribution in [2.75, 3.05) is 20.8 Å². The van der Waals surface area contributed by atoms with Crippen LogP contribution in [0.15, 0.2) is 63.7 Å². The third kappa shape index (κ3) is 4.63. The minimum absolute atomic E-state index is 0.0184. The van der Waals surface area contributed by atoms with Gasteiger partial charge in [-0.3, -0.25) is 0 Å². The van der Waals surface area contributed by atoms with Crippen molar-refractivity contribution in [1.29, 1.82) is 0 Å². The average Bonchev–Trinajstić information content (AvgIpc) is 3.04. The van der Waals surface area contributed by atoms with Crippen molar-refractivity contribution >= 4 is 46.1 Å². The highest BCUT2D eigenvalue weighted by Gasteiger charge is 2.33. The number of carbonyl (C=O) groups is 1. The smallest absolute Gasteiger partial charge is 0.344 e. The second kappa shape index (κ2) is 9.73. The predicted molar refractivity (Wildman–Crippen MR) is 120 cm³/mol. The zero-order valence-electron chi connectivity index (χ0n) is 16.6. The summed E-state index contributed by atoms with van der Waals surface area (Å²) in [5, 5.41) is 11.7. The summed E-state index contributed by atoms with van der Waals surface area (Å²) in [6.45, 7) is 1.88. The second-order valence-corrected chi connectivity index (χ2v) is 7.50. The summed E-state index contributed by atoms with van der Waals surface area (Å²) in [7, 11) is 3.08. The predicted octanol–water partition coefficient (Wildman–Crippen LogP) is 5.55. The maximum Gasteiger partial charge on any atom is 0.344 e. The van der Waals surface area contributed by atoms with Gasteiger partial charge in [-0.1, -0.05) is 35.5 Å². The van der Waals surface area contributed by atoms with Crippen molar-refractivity contribution < 1.29 is 24.1 Å². The molecule has 30 heavy (non-hydrogen) atoms. The summed E-state index contributed by atoms with van der Waals surface area (Å²) in [4.78, 5) is 17.5. The van der Waals surface area contributed by atoms with Gasteiger partial charge >= 0.3 is 5.97 Å². The van der Waals surface area contributed by atoms with E-state index in [4.69, 9.17) is 25.8 Å². The van der Waals surface area contributed by atoms with Gasteiger partial charge in [0.15, 0.2) is 11.5 Å². The summed E-state index contributed by atoms with van der Waals surface area (Å²) in [6, 6.07) is 12.3. The number of thioether (sulfide) groups is 1. The molecule has 1 N–H and O–H groups in total. The fraction of sp³-hybridized carbons (Fsp3) is 0.182. The largest absolute Gasteiger partial charge is 0.506 e. The molecule has 2 aromatic rings. The number of ether oxygens (including phenoxy) is 3. The lowest BCUT2D eigenvalue weighted by Gasteiger charge is -2.10. The normalized spacial score (nSPS) is 16.3. The minimum Gasteiger partial charge on any atom is -0.506 e. The number of rotatable bonds is 6. The monoisotopic (exact) mass is 445 g/mol. The first-order valence-corrected chi connectivity index (χ1v) is 10.2. The molecule has 0 unspecified atom stereocenters. The molecule has 2 aromatic carbocycles. The van der Waals surface area contributed by atoms with E-state index in [-0.39, 0.29) is 17.9 Å². The lowest BCUT2D eigenvalue weighted by atomic mass is 10.1. The number of methoxy groups -OCH3 is 2. The van der Waals surface area contributed by atoms with Crippen LogP contribution >= 0.6 is 23.4 Å². The first-order chi connectivity index (χ1) is 14.5. The van der Waals surface area contributed by atoms with E-state index in [0.29, 0.717) is 37.7 Å². The topological polar surface area (TPSA) is 77.4 Å². The quantitative estimate of drug-likeness (QED) is 0.587. The van der Waals surface area contributed by atoms with Gasteiger partial charge in [0.05, 0.1) is 31.4 Å². The maximum atomic E-state index is 12.5. The third-order valence-corrected chi connectivity index (χ3v) is 5.42. The van der Waals surface area contributed by atoms with Crippen LogP contribution < -0.4 is 9.47 Å². The standard InChI is InChI=1S/C22H20ClNO5S/c1-4-29-22(26)18-19(25)17(12-13-6-5-7-16(27-2)20(13)28-3)30-21(18)24-15-10-8-14(23)9-11-15/h5-12,25H,4H2,1-3H3. The molecule has 156 valence electrons. The van der Waals surface area contributed by atoms with Gasteiger partial charge in [-0.15, -0.1) is 0 Å². The molecule has 0 spiro atoms. The van der Waals surface area contributed by atoms with E-state index in [9.17, 15) is 9.90 Å². The number of esters is 1. The van der Waals surface area contributed by atoms with Crippen LogP contribution in [0, 0.1) is 0 Å². The molecule has 1 aliphatic rings. The van der Waals surface area contributed by atoms with E-state index < -0.39 is 5.97 Å². The molecule has 0 atom stereocenters. The van der Waals surface area contributed by atoms with Gasteiger partial charge in [-0.25, -0.2) is 9.79 Å². The van der Waals surface area contributed by atoms with Crippen LogP contribution in [0.3, 0.4) is 0 Å². The van der Waals surface area contributed by atoms with E-state index in [1.165, 1.54) is 7.11 Å². The molecule has 0 aromatic heterocycles. The molecular weight excluding hydrogens is 426 g/mol. The summed E-state index contributed by atoms with van der Waals surface area (Å²) in [6.07, 6.45) is 1.71. The number of hydrogen-bond donors (Lipinski definition) is 1. The lowest BCUT2D eigenvalue weighted by Crippen LogP contribution is -2.12. The van der Waals surface area contributed by atoms with Crippen LogP contribution in [0.5, 0.6) is 11.5 Å². The van der Waals surface area contributed by atoms with Gasteiger partial charge in [0.1, 0.15) is 16.4 Å². The van der Waals surface area contributed by atoms with Gasteiger partial charge < -0.3 is 19.3 Å². The molecule has 0 amide bonds. The highest BCUT2D eigenvalue weighted by molar-refractivity contribution is 8.18. The highest BCUT2D eigenvalue weighted by Crippen LogP contribution is 2.42. The molecule has 8 heteroatoms. The Kier molecular flexibility index (Phi) is 7.07. The molecule has 0 radical (unpaired) electrons. The van der Waals surface area contributed by atoms with E-state index in [1.807, 2.05) is 12.1 Å². The summed E-state index contributed by atoms with van der Waals surface area (Å²) < 4.78 is 15.9. The number of carbonyl (C=O) groups excluding carboxylic acids is 1. The number of halogens is 1. The average molecular weight is 446 g/mol. The lowest BCUT2D eigenvalue weighted by molar-refractivity contribution is -0.138. The van der Waals surface area contributed by atoms with Crippen LogP contribution in [0.1, 0.15) is 12.5 Å². The number of nitrogens with zero attached hydrogens (tertiary/aromatic N) is 1. The molecule has 0 aliphatic carbocycles. The number of aliphatic hydroxyl groups is 1. The Balaban J connectivity index is 2.08. The molecule has 1 heterocycles. The number of hydrogen-bond acceptors (Lipinski definition) is 7. The minimum atomic E-state index is -0.642. The first kappa shape index (κ1) is 21.8. The van der Waals surface area contributed by atoms with Gasteiger partial charge in [0.25, 0.3) is 0 Å². The Morgan fingerprint density at radius 2 is 1.90 bits per heavy atom. The summed E-state index contributed by atoms with van der Waals surface area (Å²) >= 11 is 7.09. The fourth-order valence-corrected chi connectivity index (χ4v) is 3.94. The van der Waals surface area contributed by atoms with Crippen molar-refractivity contribution in [2.45, 2.75) is 6.92 Å². The van der Waals surface area contributed by atoms with Gasteiger partial charge in [0.2, 0.25) is 0 Å². The molecule has 0 saturated carbocycles. The second-order valence-electron chi connectivity index (χ2n) is 6.03. The van der Waals surface area contributed by atoms with Crippen molar-refractivity contribution in [2.24, 2.45) is 4.99 Å². The summed E-state index contributed by atoms with van der Waals surface area (Å²) in [5.41, 5.74) is 1.29. The van der Waals surface area contributed by atoms with Gasteiger partial charge in [-0.05, 0) is 43.3 Å². The molecule has 6 nitrogen and oxygen atoms in total. The van der Waals surface area contributed by atoms with Crippen molar-refractivity contribution in [3.63, 3.8) is 0 Å².